The molecule has 0 saturated carbocycles. The summed E-state index contributed by atoms with van der Waals surface area (Å²) in [4.78, 5) is 43.0. The Kier molecular flexibility index (Phi) is 8.98. The summed E-state index contributed by atoms with van der Waals surface area (Å²) in [5, 5.41) is 16.3. The lowest BCUT2D eigenvalue weighted by Crippen LogP contribution is -2.59. The van der Waals surface area contributed by atoms with Crippen LogP contribution in [0.3, 0.4) is 0 Å². The maximum absolute atomic E-state index is 14.1. The van der Waals surface area contributed by atoms with Crippen LogP contribution in [0, 0.1) is 17.8 Å². The van der Waals surface area contributed by atoms with Gasteiger partial charge in [-0.2, -0.15) is 0 Å². The zero-order valence-electron chi connectivity index (χ0n) is 23.1. The lowest BCUT2D eigenvalue weighted by molar-refractivity contribution is -0.146. The minimum Gasteiger partial charge on any atom is -0.494 e. The molecule has 3 heterocycles. The molecule has 0 aliphatic carbocycles. The molecule has 0 aromatic heterocycles. The Labute approximate surface area is 225 Å². The van der Waals surface area contributed by atoms with E-state index in [1.54, 1.807) is 29.2 Å². The van der Waals surface area contributed by atoms with Crippen LogP contribution in [0.5, 0.6) is 5.75 Å². The number of fused-ring (bicyclic) bond motifs is 1. The molecule has 210 valence electrons. The third kappa shape index (κ3) is 5.02. The number of nitrogens with one attached hydrogen (secondary N) is 2. The second kappa shape index (κ2) is 12.0. The van der Waals surface area contributed by atoms with Gasteiger partial charge < -0.3 is 30.1 Å². The molecule has 3 amide bonds. The first-order valence-electron chi connectivity index (χ1n) is 14.2. The Hall–Kier alpha value is -2.65. The Bertz CT molecular complexity index is 1000. The molecule has 9 nitrogen and oxygen atoms in total. The summed E-state index contributed by atoms with van der Waals surface area (Å²) >= 11 is 0. The number of benzene rings is 1. The van der Waals surface area contributed by atoms with Gasteiger partial charge in [0.2, 0.25) is 17.7 Å². The van der Waals surface area contributed by atoms with Crippen LogP contribution >= 0.6 is 0 Å². The minimum atomic E-state index is -1.07. The van der Waals surface area contributed by atoms with Gasteiger partial charge in [0, 0.05) is 12.2 Å². The van der Waals surface area contributed by atoms with E-state index >= 15 is 0 Å². The fraction of sp³-hybridized carbons (Fsp3) is 0.690. The molecule has 3 N–H and O–H groups in total. The van der Waals surface area contributed by atoms with Gasteiger partial charge in [-0.05, 0) is 56.4 Å². The predicted molar refractivity (Wildman–Crippen MR) is 144 cm³/mol. The highest BCUT2D eigenvalue weighted by Crippen LogP contribution is 2.59. The van der Waals surface area contributed by atoms with Crippen molar-refractivity contribution in [3.63, 3.8) is 0 Å². The van der Waals surface area contributed by atoms with Crippen molar-refractivity contribution < 1.29 is 29.0 Å². The number of aliphatic hydroxyl groups is 1. The number of likely N-dealkylation sites (tertiary alicyclic amines) is 1. The molecule has 1 spiro atoms. The van der Waals surface area contributed by atoms with E-state index in [1.165, 1.54) is 0 Å². The van der Waals surface area contributed by atoms with E-state index in [-0.39, 0.29) is 30.2 Å². The van der Waals surface area contributed by atoms with E-state index in [2.05, 4.69) is 17.6 Å². The molecular formula is C29H43N3O6. The standard InChI is InChI=1S/C29H43N3O6/c1-5-8-9-16-30-27(35)25-29-15-14-22(38-29)23(24(29)28(36)32(25)21(17-33)18(4)6-2)26(34)31-19-10-12-20(13-11-19)37-7-3/h10-13,18,21-25,33H,5-9,14-17H2,1-4H3,(H,30,35)(H,31,34)/t18-,21-,22+,23-,24-,25?,29?/m0/s1. The molecule has 7 atom stereocenters. The molecule has 3 saturated heterocycles. The summed E-state index contributed by atoms with van der Waals surface area (Å²) in [5.41, 5.74) is -0.464. The predicted octanol–water partition coefficient (Wildman–Crippen LogP) is 3.11. The van der Waals surface area contributed by atoms with Gasteiger partial charge in [-0.1, -0.05) is 40.0 Å². The largest absolute Gasteiger partial charge is 0.494 e. The first kappa shape index (κ1) is 28.4. The van der Waals surface area contributed by atoms with Gasteiger partial charge >= 0.3 is 0 Å². The van der Waals surface area contributed by atoms with Gasteiger partial charge in [0.05, 0.1) is 37.2 Å². The number of hydrogen-bond donors (Lipinski definition) is 3. The number of rotatable bonds is 13. The minimum absolute atomic E-state index is 0.0251. The van der Waals surface area contributed by atoms with Crippen molar-refractivity contribution in [2.75, 3.05) is 25.1 Å². The van der Waals surface area contributed by atoms with Gasteiger partial charge in [0.1, 0.15) is 17.4 Å². The van der Waals surface area contributed by atoms with Gasteiger partial charge in [-0.25, -0.2) is 0 Å². The Balaban J connectivity index is 1.62. The topological polar surface area (TPSA) is 117 Å². The summed E-state index contributed by atoms with van der Waals surface area (Å²) in [7, 11) is 0. The SMILES string of the molecule is CCCCCNC(=O)C1N([C@@H](CO)[C@@H](C)CC)C(=O)[C@@H]2[C@@H](C(=O)Nc3ccc(OCC)cc3)[C@H]3CCC12O3. The number of carbonyl (C=O) groups excluding carboxylic acids is 3. The average Bonchev–Trinajstić information content (AvgIpc) is 3.56. The number of nitrogens with zero attached hydrogens (tertiary/aromatic N) is 1. The van der Waals surface area contributed by atoms with Crippen LogP contribution in [-0.4, -0.2) is 71.3 Å². The Morgan fingerprint density at radius 3 is 2.55 bits per heavy atom. The quantitative estimate of drug-likeness (QED) is 0.338. The van der Waals surface area contributed by atoms with Crippen molar-refractivity contribution in [1.29, 1.82) is 0 Å². The first-order chi connectivity index (χ1) is 18.3. The van der Waals surface area contributed by atoms with Crippen LogP contribution in [0.25, 0.3) is 0 Å². The first-order valence-corrected chi connectivity index (χ1v) is 14.2. The van der Waals surface area contributed by atoms with Gasteiger partial charge in [0.15, 0.2) is 0 Å². The molecule has 3 aliphatic heterocycles. The highest BCUT2D eigenvalue weighted by molar-refractivity contribution is 6.02. The molecule has 3 fully saturated rings. The number of aliphatic hydroxyl groups excluding tert-OH is 1. The molecule has 1 aromatic rings. The third-order valence-electron chi connectivity index (χ3n) is 8.65. The summed E-state index contributed by atoms with van der Waals surface area (Å²) < 4.78 is 12.0. The number of unbranched alkanes of at least 4 members (excludes halogenated alkanes) is 2. The molecular weight excluding hydrogens is 486 g/mol. The van der Waals surface area contributed by atoms with E-state index in [0.29, 0.717) is 37.4 Å². The molecule has 2 unspecified atom stereocenters. The fourth-order valence-electron chi connectivity index (χ4n) is 6.57. The van der Waals surface area contributed by atoms with E-state index in [1.807, 2.05) is 20.8 Å². The van der Waals surface area contributed by atoms with Crippen LogP contribution in [-0.2, 0) is 19.1 Å². The third-order valence-corrected chi connectivity index (χ3v) is 8.65. The normalized spacial score (nSPS) is 29.2. The number of ether oxygens (including phenoxy) is 2. The van der Waals surface area contributed by atoms with Crippen LogP contribution in [0.2, 0.25) is 0 Å². The van der Waals surface area contributed by atoms with E-state index < -0.39 is 35.6 Å². The number of carbonyl (C=O) groups is 3. The van der Waals surface area contributed by atoms with Crippen molar-refractivity contribution in [2.24, 2.45) is 17.8 Å². The van der Waals surface area contributed by atoms with Crippen LogP contribution in [0.4, 0.5) is 5.69 Å². The van der Waals surface area contributed by atoms with Crippen LogP contribution in [0.1, 0.15) is 66.2 Å². The van der Waals surface area contributed by atoms with Crippen LogP contribution < -0.4 is 15.4 Å². The second-order valence-corrected chi connectivity index (χ2v) is 10.9. The lowest BCUT2D eigenvalue weighted by Gasteiger charge is -2.38. The number of anilines is 1. The van der Waals surface area contributed by atoms with Gasteiger partial charge in [-0.3, -0.25) is 14.4 Å². The highest BCUT2D eigenvalue weighted by Gasteiger charge is 2.75. The second-order valence-electron chi connectivity index (χ2n) is 10.9. The van der Waals surface area contributed by atoms with Crippen molar-refractivity contribution in [3.8, 4) is 5.75 Å². The maximum Gasteiger partial charge on any atom is 0.245 e. The van der Waals surface area contributed by atoms with E-state index in [9.17, 15) is 19.5 Å². The molecule has 3 aliphatic rings. The molecule has 9 heteroatoms. The van der Waals surface area contributed by atoms with Crippen LogP contribution in [0.15, 0.2) is 24.3 Å². The lowest BCUT2D eigenvalue weighted by atomic mass is 9.70. The number of hydrogen-bond acceptors (Lipinski definition) is 6. The highest BCUT2D eigenvalue weighted by atomic mass is 16.5. The zero-order valence-corrected chi connectivity index (χ0v) is 23.1. The van der Waals surface area contributed by atoms with Gasteiger partial charge in [0.25, 0.3) is 0 Å². The fourth-order valence-corrected chi connectivity index (χ4v) is 6.57. The Morgan fingerprint density at radius 1 is 1.18 bits per heavy atom. The molecule has 38 heavy (non-hydrogen) atoms. The smallest absolute Gasteiger partial charge is 0.245 e. The van der Waals surface area contributed by atoms with Crippen molar-refractivity contribution in [3.05, 3.63) is 24.3 Å². The summed E-state index contributed by atoms with van der Waals surface area (Å²) in [5.74, 6) is -1.61. The molecule has 4 rings (SSSR count). The summed E-state index contributed by atoms with van der Waals surface area (Å²) in [6.45, 7) is 8.80. The monoisotopic (exact) mass is 529 g/mol. The summed E-state index contributed by atoms with van der Waals surface area (Å²) in [6, 6.07) is 5.71. The summed E-state index contributed by atoms with van der Waals surface area (Å²) in [6.07, 6.45) is 4.33. The molecule has 1 aromatic carbocycles. The van der Waals surface area contributed by atoms with Crippen molar-refractivity contribution in [2.45, 2.75) is 90.0 Å². The average molecular weight is 530 g/mol. The van der Waals surface area contributed by atoms with Gasteiger partial charge in [-0.15, -0.1) is 0 Å². The number of amides is 3. The van der Waals surface area contributed by atoms with Crippen molar-refractivity contribution in [1.82, 2.24) is 10.2 Å². The van der Waals surface area contributed by atoms with E-state index in [0.717, 1.165) is 25.7 Å². The maximum atomic E-state index is 14.1. The molecule has 0 radical (unpaired) electrons. The molecule has 2 bridgehead atoms. The van der Waals surface area contributed by atoms with E-state index in [4.69, 9.17) is 9.47 Å². The van der Waals surface area contributed by atoms with Crippen molar-refractivity contribution >= 4 is 23.4 Å². The Morgan fingerprint density at radius 2 is 1.92 bits per heavy atom. The zero-order chi connectivity index (χ0) is 27.4.